The monoisotopic (exact) mass is 382 g/mol. The minimum absolute atomic E-state index is 0.305. The number of halogens is 7. The SMILES string of the molecule is O=C(O)c1ccc(OC(F)(F)C(F)OC(F)(F)F)c(Br)c1. The first-order valence-corrected chi connectivity index (χ1v) is 5.70. The van der Waals surface area contributed by atoms with Crippen molar-refractivity contribution in [1.82, 2.24) is 0 Å². The number of ether oxygens (including phenoxy) is 2. The molecular weight excluding hydrogens is 378 g/mol. The summed E-state index contributed by atoms with van der Waals surface area (Å²) in [6.07, 6.45) is -14.7. The van der Waals surface area contributed by atoms with E-state index >= 15 is 0 Å². The van der Waals surface area contributed by atoms with E-state index in [-0.39, 0.29) is 10.0 Å². The van der Waals surface area contributed by atoms with Crippen molar-refractivity contribution in [3.05, 3.63) is 28.2 Å². The largest absolute Gasteiger partial charge is 0.525 e. The molecule has 0 fully saturated rings. The third-order valence-electron chi connectivity index (χ3n) is 1.93. The van der Waals surface area contributed by atoms with Gasteiger partial charge >= 0.3 is 24.8 Å². The van der Waals surface area contributed by atoms with Crippen LogP contribution in [-0.4, -0.2) is 29.9 Å². The number of carboxylic acids is 1. The minimum atomic E-state index is -5.61. The molecule has 0 saturated heterocycles. The van der Waals surface area contributed by atoms with E-state index in [1.165, 1.54) is 0 Å². The van der Waals surface area contributed by atoms with Crippen LogP contribution in [0, 0.1) is 0 Å². The van der Waals surface area contributed by atoms with Crippen LogP contribution in [-0.2, 0) is 4.74 Å². The number of alkyl halides is 6. The fourth-order valence-electron chi connectivity index (χ4n) is 1.10. The highest BCUT2D eigenvalue weighted by Gasteiger charge is 2.50. The Labute approximate surface area is 121 Å². The van der Waals surface area contributed by atoms with Gasteiger partial charge in [-0.1, -0.05) is 0 Å². The van der Waals surface area contributed by atoms with Gasteiger partial charge in [0.2, 0.25) is 0 Å². The van der Waals surface area contributed by atoms with Gasteiger partial charge in [0.25, 0.3) is 0 Å². The Hall–Kier alpha value is -1.49. The van der Waals surface area contributed by atoms with Gasteiger partial charge in [-0.15, -0.1) is 13.2 Å². The molecule has 0 bridgehead atoms. The van der Waals surface area contributed by atoms with E-state index in [1.807, 2.05) is 0 Å². The Morgan fingerprint density at radius 3 is 2.24 bits per heavy atom. The van der Waals surface area contributed by atoms with E-state index in [0.29, 0.717) is 0 Å². The van der Waals surface area contributed by atoms with Gasteiger partial charge in [-0.25, -0.2) is 13.9 Å². The van der Waals surface area contributed by atoms with Crippen LogP contribution >= 0.6 is 15.9 Å². The number of carboxylic acid groups (broad SMARTS) is 1. The molecule has 0 aromatic heterocycles. The number of hydrogen-bond donors (Lipinski definition) is 1. The summed E-state index contributed by atoms with van der Waals surface area (Å²) in [5.41, 5.74) is -0.305. The summed E-state index contributed by atoms with van der Waals surface area (Å²) in [6.45, 7) is 0. The summed E-state index contributed by atoms with van der Waals surface area (Å²) in [5, 5.41) is 8.63. The molecule has 0 spiro atoms. The molecule has 0 saturated carbocycles. The average Bonchev–Trinajstić information content (AvgIpc) is 2.29. The molecule has 1 atom stereocenters. The molecule has 4 nitrogen and oxygen atoms in total. The second kappa shape index (κ2) is 6.10. The standard InChI is InChI=1S/C10H5BrF6O4/c11-5-3-4(7(18)19)1-2-6(5)20-9(13,14)8(12)21-10(15,16)17/h1-3,8H,(H,18,19). The first kappa shape index (κ1) is 17.6. The van der Waals surface area contributed by atoms with Crippen LogP contribution in [0.25, 0.3) is 0 Å². The van der Waals surface area contributed by atoms with Gasteiger partial charge in [-0.2, -0.15) is 8.78 Å². The lowest BCUT2D eigenvalue weighted by Gasteiger charge is -2.22. The summed E-state index contributed by atoms with van der Waals surface area (Å²) >= 11 is 2.67. The Bertz CT molecular complexity index is 533. The smallest absolute Gasteiger partial charge is 0.478 e. The molecular formula is C10H5BrF6O4. The van der Waals surface area contributed by atoms with E-state index in [2.05, 4.69) is 25.4 Å². The predicted molar refractivity (Wildman–Crippen MR) is 58.7 cm³/mol. The average molecular weight is 383 g/mol. The first-order chi connectivity index (χ1) is 9.42. The summed E-state index contributed by atoms with van der Waals surface area (Å²) in [6, 6.07) is 2.42. The molecule has 11 heteroatoms. The predicted octanol–water partition coefficient (Wildman–Crippen LogP) is 3.95. The highest BCUT2D eigenvalue weighted by Crippen LogP contribution is 2.35. The maximum Gasteiger partial charge on any atom is 0.525 e. The van der Waals surface area contributed by atoms with E-state index in [4.69, 9.17) is 5.11 Å². The zero-order chi connectivity index (χ0) is 16.4. The number of aromatic carboxylic acids is 1. The van der Waals surface area contributed by atoms with Crippen molar-refractivity contribution >= 4 is 21.9 Å². The Balaban J connectivity index is 2.91. The molecule has 1 N–H and O–H groups in total. The molecule has 1 unspecified atom stereocenters. The second-order valence-electron chi connectivity index (χ2n) is 3.49. The van der Waals surface area contributed by atoms with Crippen molar-refractivity contribution < 1.29 is 45.7 Å². The maximum absolute atomic E-state index is 13.1. The Kier molecular flexibility index (Phi) is 5.10. The second-order valence-corrected chi connectivity index (χ2v) is 4.35. The molecule has 1 rings (SSSR count). The van der Waals surface area contributed by atoms with Gasteiger partial charge in [-0.3, -0.25) is 0 Å². The Morgan fingerprint density at radius 1 is 1.24 bits per heavy atom. The quantitative estimate of drug-likeness (QED) is 0.783. The molecule has 118 valence electrons. The van der Waals surface area contributed by atoms with Crippen LogP contribution in [0.1, 0.15) is 10.4 Å². The fraction of sp³-hybridized carbons (Fsp3) is 0.300. The molecule has 0 aliphatic carbocycles. The van der Waals surface area contributed by atoms with Gasteiger partial charge < -0.3 is 9.84 Å². The minimum Gasteiger partial charge on any atom is -0.478 e. The molecule has 0 aliphatic heterocycles. The normalized spacial score (nSPS) is 13.9. The van der Waals surface area contributed by atoms with Gasteiger partial charge in [0.15, 0.2) is 0 Å². The van der Waals surface area contributed by atoms with Gasteiger partial charge in [0.05, 0.1) is 10.0 Å². The van der Waals surface area contributed by atoms with E-state index in [9.17, 15) is 31.1 Å². The lowest BCUT2D eigenvalue weighted by Crippen LogP contribution is -2.41. The van der Waals surface area contributed by atoms with Gasteiger partial charge in [0, 0.05) is 0 Å². The van der Waals surface area contributed by atoms with Crippen molar-refractivity contribution in [1.29, 1.82) is 0 Å². The summed E-state index contributed by atoms with van der Waals surface area (Å²) in [5.74, 6) is -2.14. The van der Waals surface area contributed by atoms with Crippen molar-refractivity contribution in [3.63, 3.8) is 0 Å². The lowest BCUT2D eigenvalue weighted by molar-refractivity contribution is -0.411. The molecule has 1 aromatic carbocycles. The molecule has 21 heavy (non-hydrogen) atoms. The van der Waals surface area contributed by atoms with Crippen molar-refractivity contribution in [2.75, 3.05) is 0 Å². The number of rotatable bonds is 5. The van der Waals surface area contributed by atoms with Crippen LogP contribution in [0.3, 0.4) is 0 Å². The van der Waals surface area contributed by atoms with Crippen LogP contribution < -0.4 is 4.74 Å². The van der Waals surface area contributed by atoms with Crippen molar-refractivity contribution in [2.24, 2.45) is 0 Å². The summed E-state index contributed by atoms with van der Waals surface area (Å²) in [4.78, 5) is 10.6. The van der Waals surface area contributed by atoms with Crippen molar-refractivity contribution in [2.45, 2.75) is 18.8 Å². The van der Waals surface area contributed by atoms with E-state index in [0.717, 1.165) is 18.2 Å². The van der Waals surface area contributed by atoms with Gasteiger partial charge in [0.1, 0.15) is 5.75 Å². The first-order valence-electron chi connectivity index (χ1n) is 4.90. The molecule has 1 aromatic rings. The van der Waals surface area contributed by atoms with Crippen LogP contribution in [0.4, 0.5) is 26.3 Å². The summed E-state index contributed by atoms with van der Waals surface area (Å²) in [7, 11) is 0. The van der Waals surface area contributed by atoms with Crippen LogP contribution in [0.2, 0.25) is 0 Å². The molecule has 0 amide bonds. The van der Waals surface area contributed by atoms with Gasteiger partial charge in [-0.05, 0) is 34.1 Å². The van der Waals surface area contributed by atoms with Crippen LogP contribution in [0.5, 0.6) is 5.75 Å². The third kappa shape index (κ3) is 5.08. The zero-order valence-corrected chi connectivity index (χ0v) is 11.2. The topological polar surface area (TPSA) is 55.8 Å². The van der Waals surface area contributed by atoms with Crippen LogP contribution in [0.15, 0.2) is 22.7 Å². The fourth-order valence-corrected chi connectivity index (χ4v) is 1.56. The number of hydrogen-bond acceptors (Lipinski definition) is 3. The highest BCUT2D eigenvalue weighted by molar-refractivity contribution is 9.10. The summed E-state index contributed by atoms with van der Waals surface area (Å²) < 4.78 is 80.0. The number of carbonyl (C=O) groups is 1. The maximum atomic E-state index is 13.1. The van der Waals surface area contributed by atoms with E-state index < -0.39 is 30.5 Å². The number of benzene rings is 1. The molecule has 0 heterocycles. The Morgan fingerprint density at radius 2 is 1.81 bits per heavy atom. The van der Waals surface area contributed by atoms with Crippen molar-refractivity contribution in [3.8, 4) is 5.75 Å². The lowest BCUT2D eigenvalue weighted by atomic mass is 10.2. The van der Waals surface area contributed by atoms with E-state index in [1.54, 1.807) is 0 Å². The highest BCUT2D eigenvalue weighted by atomic mass is 79.9. The third-order valence-corrected chi connectivity index (χ3v) is 2.55. The molecule has 0 aliphatic rings. The zero-order valence-electron chi connectivity index (χ0n) is 9.63. The molecule has 0 radical (unpaired) electrons.